The lowest BCUT2D eigenvalue weighted by Gasteiger charge is -2.17. The minimum Gasteiger partial charge on any atom is -0.493 e. The lowest BCUT2D eigenvalue weighted by atomic mass is 9.98. The van der Waals surface area contributed by atoms with Gasteiger partial charge in [-0.3, -0.25) is 0 Å². The molecular weight excluding hydrogens is 315 g/mol. The number of aryl methyl sites for hydroxylation is 1. The second kappa shape index (κ2) is 6.33. The van der Waals surface area contributed by atoms with Gasteiger partial charge in [-0.1, -0.05) is 42.5 Å². The molecule has 3 heteroatoms. The van der Waals surface area contributed by atoms with Crippen molar-refractivity contribution in [3.05, 3.63) is 23.3 Å². The molecule has 0 aliphatic rings. The molecule has 0 atom stereocenters. The zero-order valence-corrected chi connectivity index (χ0v) is 12.5. The summed E-state index contributed by atoms with van der Waals surface area (Å²) in [4.78, 5) is 0. The van der Waals surface area contributed by atoms with Crippen LogP contribution in [-0.4, -0.2) is 18.6 Å². The first-order valence-corrected chi connectivity index (χ1v) is 6.97. The van der Waals surface area contributed by atoms with Crippen LogP contribution in [0.2, 0.25) is 0 Å². The van der Waals surface area contributed by atoms with Crippen LogP contribution in [-0.2, 0) is 6.42 Å². The van der Waals surface area contributed by atoms with E-state index in [2.05, 4.69) is 48.6 Å². The summed E-state index contributed by atoms with van der Waals surface area (Å²) < 4.78 is 11.9. The molecule has 0 radical (unpaired) electrons. The second-order valence-electron chi connectivity index (χ2n) is 4.01. The lowest BCUT2D eigenvalue weighted by Crippen LogP contribution is -2.00. The number of hydrogen-bond acceptors (Lipinski definition) is 2. The topological polar surface area (TPSA) is 18.5 Å². The molecule has 1 aromatic rings. The van der Waals surface area contributed by atoms with Gasteiger partial charge in [0, 0.05) is 9.99 Å². The van der Waals surface area contributed by atoms with Gasteiger partial charge in [-0.25, -0.2) is 0 Å². The van der Waals surface area contributed by atoms with E-state index in [-0.39, 0.29) is 0 Å². The summed E-state index contributed by atoms with van der Waals surface area (Å²) in [5.41, 5.74) is 2.54. The maximum Gasteiger partial charge on any atom is 0.164 e. The molecule has 90 valence electrons. The van der Waals surface area contributed by atoms with Crippen molar-refractivity contribution in [2.24, 2.45) is 0 Å². The van der Waals surface area contributed by atoms with E-state index in [1.165, 1.54) is 11.1 Å². The Morgan fingerprint density at radius 2 is 1.88 bits per heavy atom. The zero-order chi connectivity index (χ0) is 12.1. The van der Waals surface area contributed by atoms with Crippen molar-refractivity contribution >= 4 is 22.6 Å². The minimum absolute atomic E-state index is 0.443. The van der Waals surface area contributed by atoms with Crippen molar-refractivity contribution in [2.45, 2.75) is 26.2 Å². The van der Waals surface area contributed by atoms with E-state index in [1.807, 2.05) is 0 Å². The van der Waals surface area contributed by atoms with Crippen LogP contribution in [0.15, 0.2) is 12.1 Å². The van der Waals surface area contributed by atoms with Crippen LogP contribution in [0.25, 0.3) is 0 Å². The highest BCUT2D eigenvalue weighted by molar-refractivity contribution is 14.1. The molecule has 0 spiro atoms. The average molecular weight is 334 g/mol. The molecule has 0 bridgehead atoms. The Kier molecular flexibility index (Phi) is 5.38. The van der Waals surface area contributed by atoms with Crippen LogP contribution < -0.4 is 9.47 Å². The molecule has 1 aromatic carbocycles. The molecule has 0 aliphatic heterocycles. The highest BCUT2D eigenvalue weighted by Gasteiger charge is 2.14. The largest absolute Gasteiger partial charge is 0.493 e. The van der Waals surface area contributed by atoms with Crippen molar-refractivity contribution in [2.75, 3.05) is 18.6 Å². The summed E-state index contributed by atoms with van der Waals surface area (Å²) in [5, 5.41) is 0. The summed E-state index contributed by atoms with van der Waals surface area (Å²) in [5.74, 6) is 2.15. The highest BCUT2D eigenvalue weighted by Crippen LogP contribution is 2.36. The minimum atomic E-state index is 0.443. The van der Waals surface area contributed by atoms with Crippen molar-refractivity contribution < 1.29 is 9.47 Å². The van der Waals surface area contributed by atoms with Crippen LogP contribution in [0, 0.1) is 0 Å². The van der Waals surface area contributed by atoms with Gasteiger partial charge in [-0.05, 0) is 24.0 Å². The third-order valence-corrected chi connectivity index (χ3v) is 3.11. The molecule has 0 aromatic heterocycles. The maximum atomic E-state index is 5.43. The molecule has 0 N–H and O–H groups in total. The van der Waals surface area contributed by atoms with Crippen molar-refractivity contribution in [3.63, 3.8) is 0 Å². The fraction of sp³-hybridized carbons (Fsp3) is 0.538. The SMILES string of the molecule is COc1cc(CCI)cc(C(C)C)c1OC. The number of benzene rings is 1. The van der Waals surface area contributed by atoms with Crippen LogP contribution in [0.1, 0.15) is 30.9 Å². The number of rotatable bonds is 5. The summed E-state index contributed by atoms with van der Waals surface area (Å²) in [7, 11) is 3.39. The average Bonchev–Trinajstić information content (AvgIpc) is 2.28. The first kappa shape index (κ1) is 13.6. The Balaban J connectivity index is 3.25. The highest BCUT2D eigenvalue weighted by atomic mass is 127. The van der Waals surface area contributed by atoms with Crippen molar-refractivity contribution in [1.82, 2.24) is 0 Å². The summed E-state index contributed by atoms with van der Waals surface area (Å²) in [6, 6.07) is 4.30. The van der Waals surface area contributed by atoms with Gasteiger partial charge >= 0.3 is 0 Å². The van der Waals surface area contributed by atoms with Crippen molar-refractivity contribution in [3.8, 4) is 11.5 Å². The first-order chi connectivity index (χ1) is 7.63. The van der Waals surface area contributed by atoms with Gasteiger partial charge in [-0.2, -0.15) is 0 Å². The molecular formula is C13H19IO2. The predicted octanol–water partition coefficient (Wildman–Crippen LogP) is 3.80. The first-order valence-electron chi connectivity index (χ1n) is 5.44. The Labute approximate surface area is 111 Å². The van der Waals surface area contributed by atoms with E-state index >= 15 is 0 Å². The Morgan fingerprint density at radius 1 is 1.19 bits per heavy atom. The molecule has 0 unspecified atom stereocenters. The second-order valence-corrected chi connectivity index (χ2v) is 5.09. The molecule has 0 heterocycles. The van der Waals surface area contributed by atoms with Gasteiger partial charge in [0.2, 0.25) is 0 Å². The third-order valence-electron chi connectivity index (χ3n) is 2.57. The number of ether oxygens (including phenoxy) is 2. The number of hydrogen-bond donors (Lipinski definition) is 0. The van der Waals surface area contributed by atoms with Gasteiger partial charge < -0.3 is 9.47 Å². The zero-order valence-electron chi connectivity index (χ0n) is 10.3. The maximum absolute atomic E-state index is 5.43. The van der Waals surface area contributed by atoms with Crippen molar-refractivity contribution in [1.29, 1.82) is 0 Å². The van der Waals surface area contributed by atoms with Gasteiger partial charge in [0.15, 0.2) is 11.5 Å². The Morgan fingerprint density at radius 3 is 2.31 bits per heavy atom. The lowest BCUT2D eigenvalue weighted by molar-refractivity contribution is 0.350. The van der Waals surface area contributed by atoms with E-state index in [4.69, 9.17) is 9.47 Å². The van der Waals surface area contributed by atoms with Crippen LogP contribution in [0.5, 0.6) is 11.5 Å². The van der Waals surface area contributed by atoms with E-state index in [1.54, 1.807) is 14.2 Å². The summed E-state index contributed by atoms with van der Waals surface area (Å²) in [6.45, 7) is 4.34. The molecule has 0 fully saturated rings. The normalized spacial score (nSPS) is 10.6. The molecule has 1 rings (SSSR count). The molecule has 0 saturated heterocycles. The predicted molar refractivity (Wildman–Crippen MR) is 76.2 cm³/mol. The fourth-order valence-electron chi connectivity index (χ4n) is 1.74. The fourth-order valence-corrected chi connectivity index (χ4v) is 2.36. The quantitative estimate of drug-likeness (QED) is 0.602. The summed E-state index contributed by atoms with van der Waals surface area (Å²) in [6.07, 6.45) is 1.07. The number of halogens is 1. The van der Waals surface area contributed by atoms with Crippen LogP contribution in [0.4, 0.5) is 0 Å². The Bertz CT molecular complexity index is 348. The standard InChI is InChI=1S/C13H19IO2/c1-9(2)11-7-10(5-6-14)8-12(15-3)13(11)16-4/h7-9H,5-6H2,1-4H3. The molecule has 2 nitrogen and oxygen atoms in total. The molecule has 16 heavy (non-hydrogen) atoms. The van der Waals surface area contributed by atoms with Gasteiger partial charge in [-0.15, -0.1) is 0 Å². The monoisotopic (exact) mass is 334 g/mol. The van der Waals surface area contributed by atoms with Crippen LogP contribution in [0.3, 0.4) is 0 Å². The number of methoxy groups -OCH3 is 2. The number of alkyl halides is 1. The van der Waals surface area contributed by atoms with E-state index < -0.39 is 0 Å². The van der Waals surface area contributed by atoms with Crippen LogP contribution >= 0.6 is 22.6 Å². The smallest absolute Gasteiger partial charge is 0.164 e. The Hall–Kier alpha value is -0.450. The van der Waals surface area contributed by atoms with Gasteiger partial charge in [0.1, 0.15) is 0 Å². The summed E-state index contributed by atoms with van der Waals surface area (Å²) >= 11 is 2.39. The molecule has 0 aliphatic carbocycles. The van der Waals surface area contributed by atoms with E-state index in [0.717, 1.165) is 22.3 Å². The van der Waals surface area contributed by atoms with Gasteiger partial charge in [0.25, 0.3) is 0 Å². The van der Waals surface area contributed by atoms with E-state index in [0.29, 0.717) is 5.92 Å². The molecule has 0 saturated carbocycles. The molecule has 0 amide bonds. The third kappa shape index (κ3) is 3.03. The van der Waals surface area contributed by atoms with E-state index in [9.17, 15) is 0 Å². The van der Waals surface area contributed by atoms with Gasteiger partial charge in [0.05, 0.1) is 14.2 Å².